The fraction of sp³-hybridized carbons (Fsp3) is 0.481. The number of hydrogen-bond acceptors (Lipinski definition) is 6. The molecular formula is C27H37N3O5. The molecule has 1 heterocycles. The van der Waals surface area contributed by atoms with Crippen LogP contribution in [0.5, 0.6) is 11.5 Å². The molecule has 0 spiro atoms. The van der Waals surface area contributed by atoms with Crippen molar-refractivity contribution >= 4 is 17.5 Å². The molecule has 2 aromatic carbocycles. The molecule has 0 saturated heterocycles. The van der Waals surface area contributed by atoms with Crippen LogP contribution in [0, 0.1) is 5.92 Å². The van der Waals surface area contributed by atoms with Crippen LogP contribution in [-0.2, 0) is 16.1 Å². The van der Waals surface area contributed by atoms with Crippen molar-refractivity contribution in [1.29, 1.82) is 0 Å². The number of benzene rings is 2. The second-order valence-corrected chi connectivity index (χ2v) is 9.27. The van der Waals surface area contributed by atoms with E-state index in [1.807, 2.05) is 12.1 Å². The second-order valence-electron chi connectivity index (χ2n) is 9.27. The van der Waals surface area contributed by atoms with E-state index in [9.17, 15) is 9.59 Å². The SMILES string of the molecule is COc1ccc(CN2C[C@H](C)[C@@H](OC)CN(C)C(=O)c3ccc(NC(C)=O)cc3OC[C@@H]2C)cc1. The summed E-state index contributed by atoms with van der Waals surface area (Å²) in [6.07, 6.45) is -0.128. The van der Waals surface area contributed by atoms with Crippen molar-refractivity contribution < 1.29 is 23.8 Å². The summed E-state index contributed by atoms with van der Waals surface area (Å²) in [5.41, 5.74) is 2.22. The Morgan fingerprint density at radius 1 is 1.11 bits per heavy atom. The van der Waals surface area contributed by atoms with E-state index in [-0.39, 0.29) is 29.9 Å². The van der Waals surface area contributed by atoms with E-state index in [0.717, 1.165) is 18.8 Å². The van der Waals surface area contributed by atoms with Crippen LogP contribution in [0.15, 0.2) is 42.5 Å². The fourth-order valence-electron chi connectivity index (χ4n) is 4.31. The maximum Gasteiger partial charge on any atom is 0.257 e. The molecule has 0 radical (unpaired) electrons. The molecule has 1 aliphatic rings. The van der Waals surface area contributed by atoms with Crippen molar-refractivity contribution in [3.8, 4) is 11.5 Å². The van der Waals surface area contributed by atoms with Gasteiger partial charge < -0.3 is 24.4 Å². The lowest BCUT2D eigenvalue weighted by molar-refractivity contribution is -0.114. The Hall–Kier alpha value is -3.10. The van der Waals surface area contributed by atoms with Gasteiger partial charge in [-0.3, -0.25) is 14.5 Å². The summed E-state index contributed by atoms with van der Waals surface area (Å²) >= 11 is 0. The smallest absolute Gasteiger partial charge is 0.257 e. The summed E-state index contributed by atoms with van der Waals surface area (Å²) in [7, 11) is 5.13. The number of nitrogens with one attached hydrogen (secondary N) is 1. The number of carbonyl (C=O) groups is 2. The van der Waals surface area contributed by atoms with Gasteiger partial charge in [-0.1, -0.05) is 19.1 Å². The summed E-state index contributed by atoms with van der Waals surface area (Å²) in [6, 6.07) is 13.3. The van der Waals surface area contributed by atoms with Gasteiger partial charge in [0.1, 0.15) is 18.1 Å². The van der Waals surface area contributed by atoms with Gasteiger partial charge in [-0.05, 0) is 42.7 Å². The summed E-state index contributed by atoms with van der Waals surface area (Å²) in [6.45, 7) is 8.07. The Morgan fingerprint density at radius 2 is 1.83 bits per heavy atom. The predicted octanol–water partition coefficient (Wildman–Crippen LogP) is 3.66. The number of methoxy groups -OCH3 is 2. The van der Waals surface area contributed by atoms with E-state index in [1.54, 1.807) is 44.4 Å². The molecule has 0 saturated carbocycles. The number of rotatable bonds is 5. The van der Waals surface area contributed by atoms with Crippen molar-refractivity contribution in [2.24, 2.45) is 5.92 Å². The van der Waals surface area contributed by atoms with Crippen molar-refractivity contribution in [1.82, 2.24) is 9.80 Å². The Labute approximate surface area is 208 Å². The van der Waals surface area contributed by atoms with Gasteiger partial charge in [0.2, 0.25) is 5.91 Å². The second kappa shape index (κ2) is 12.0. The van der Waals surface area contributed by atoms with Crippen LogP contribution in [-0.4, -0.2) is 74.7 Å². The topological polar surface area (TPSA) is 80.3 Å². The molecule has 1 N–H and O–H groups in total. The molecule has 0 fully saturated rings. The highest BCUT2D eigenvalue weighted by molar-refractivity contribution is 5.98. The number of anilines is 1. The van der Waals surface area contributed by atoms with Gasteiger partial charge in [0.05, 0.1) is 18.8 Å². The summed E-state index contributed by atoms with van der Waals surface area (Å²) in [5, 5.41) is 2.77. The van der Waals surface area contributed by atoms with E-state index in [0.29, 0.717) is 30.2 Å². The third kappa shape index (κ3) is 6.96. The monoisotopic (exact) mass is 483 g/mol. The van der Waals surface area contributed by atoms with Gasteiger partial charge in [0.15, 0.2) is 0 Å². The normalized spacial score (nSPS) is 21.8. The molecule has 190 valence electrons. The van der Waals surface area contributed by atoms with Crippen molar-refractivity contribution in [3.63, 3.8) is 0 Å². The molecule has 0 aliphatic carbocycles. The number of hydrogen-bond donors (Lipinski definition) is 1. The van der Waals surface area contributed by atoms with Crippen LogP contribution < -0.4 is 14.8 Å². The molecule has 0 bridgehead atoms. The lowest BCUT2D eigenvalue weighted by Gasteiger charge is -2.36. The lowest BCUT2D eigenvalue weighted by Crippen LogP contribution is -2.46. The lowest BCUT2D eigenvalue weighted by atomic mass is 10.0. The van der Waals surface area contributed by atoms with Crippen LogP contribution in [0.25, 0.3) is 0 Å². The van der Waals surface area contributed by atoms with Crippen molar-refractivity contribution in [3.05, 3.63) is 53.6 Å². The zero-order valence-electron chi connectivity index (χ0n) is 21.5. The highest BCUT2D eigenvalue weighted by atomic mass is 16.5. The molecule has 1 aliphatic heterocycles. The first-order valence-corrected chi connectivity index (χ1v) is 11.9. The van der Waals surface area contributed by atoms with E-state index in [4.69, 9.17) is 14.2 Å². The molecule has 3 rings (SSSR count). The van der Waals surface area contributed by atoms with E-state index >= 15 is 0 Å². The third-order valence-electron chi connectivity index (χ3n) is 6.44. The van der Waals surface area contributed by atoms with Gasteiger partial charge >= 0.3 is 0 Å². The zero-order chi connectivity index (χ0) is 25.5. The first kappa shape index (κ1) is 26.5. The largest absolute Gasteiger partial charge is 0.497 e. The van der Waals surface area contributed by atoms with Crippen LogP contribution in [0.2, 0.25) is 0 Å². The molecule has 2 amide bonds. The van der Waals surface area contributed by atoms with E-state index < -0.39 is 0 Å². The van der Waals surface area contributed by atoms with Gasteiger partial charge in [-0.2, -0.15) is 0 Å². The number of ether oxygens (including phenoxy) is 3. The number of amides is 2. The van der Waals surface area contributed by atoms with Crippen molar-refractivity contribution in [2.45, 2.75) is 39.5 Å². The van der Waals surface area contributed by atoms with Gasteiger partial charge in [0.25, 0.3) is 5.91 Å². The van der Waals surface area contributed by atoms with Gasteiger partial charge in [0, 0.05) is 58.5 Å². The molecule has 3 atom stereocenters. The van der Waals surface area contributed by atoms with Gasteiger partial charge in [-0.15, -0.1) is 0 Å². The molecule has 0 unspecified atom stereocenters. The first-order valence-electron chi connectivity index (χ1n) is 11.9. The van der Waals surface area contributed by atoms with E-state index in [1.165, 1.54) is 12.5 Å². The standard InChI is InChI=1S/C27H37N3O5/c1-18-14-30(15-21-7-10-23(33-5)11-8-21)19(2)17-35-25-13-22(28-20(3)31)9-12-24(25)27(32)29(4)16-26(18)34-6/h7-13,18-19,26H,14-17H2,1-6H3,(H,28,31)/t18-,19-,26-/m0/s1. The number of nitrogens with zero attached hydrogens (tertiary/aromatic N) is 2. The number of likely N-dealkylation sites (N-methyl/N-ethyl adjacent to an activating group) is 1. The molecular weight excluding hydrogens is 446 g/mol. The highest BCUT2D eigenvalue weighted by Gasteiger charge is 2.28. The quantitative estimate of drug-likeness (QED) is 0.699. The van der Waals surface area contributed by atoms with Crippen LogP contribution in [0.4, 0.5) is 5.69 Å². The Morgan fingerprint density at radius 3 is 2.46 bits per heavy atom. The summed E-state index contributed by atoms with van der Waals surface area (Å²) in [4.78, 5) is 28.9. The molecule has 8 nitrogen and oxygen atoms in total. The zero-order valence-corrected chi connectivity index (χ0v) is 21.5. The van der Waals surface area contributed by atoms with Crippen LogP contribution >= 0.6 is 0 Å². The van der Waals surface area contributed by atoms with Crippen LogP contribution in [0.3, 0.4) is 0 Å². The molecule has 35 heavy (non-hydrogen) atoms. The minimum absolute atomic E-state index is 0.0570. The Balaban J connectivity index is 1.93. The fourth-order valence-corrected chi connectivity index (χ4v) is 4.31. The van der Waals surface area contributed by atoms with E-state index in [2.05, 4.69) is 36.2 Å². The average Bonchev–Trinajstić information content (AvgIpc) is 2.84. The van der Waals surface area contributed by atoms with Gasteiger partial charge in [-0.25, -0.2) is 0 Å². The maximum absolute atomic E-state index is 13.3. The van der Waals surface area contributed by atoms with Crippen molar-refractivity contribution in [2.75, 3.05) is 46.3 Å². The number of fused-ring (bicyclic) bond motifs is 1. The summed E-state index contributed by atoms with van der Waals surface area (Å²) in [5.74, 6) is 1.12. The summed E-state index contributed by atoms with van der Waals surface area (Å²) < 4.78 is 17.3. The first-order chi connectivity index (χ1) is 16.7. The molecule has 2 aromatic rings. The maximum atomic E-state index is 13.3. The predicted molar refractivity (Wildman–Crippen MR) is 136 cm³/mol. The Bertz CT molecular complexity index is 1010. The Kier molecular flexibility index (Phi) is 9.12. The number of carbonyl (C=O) groups excluding carboxylic acids is 2. The minimum Gasteiger partial charge on any atom is -0.497 e. The highest BCUT2D eigenvalue weighted by Crippen LogP contribution is 2.27. The molecule has 0 aromatic heterocycles. The van der Waals surface area contributed by atoms with Crippen LogP contribution in [0.1, 0.15) is 36.7 Å². The third-order valence-corrected chi connectivity index (χ3v) is 6.44. The minimum atomic E-state index is -0.183. The molecule has 8 heteroatoms. The average molecular weight is 484 g/mol.